The fourth-order valence-electron chi connectivity index (χ4n) is 5.20. The van der Waals surface area contributed by atoms with Crippen LogP contribution in [0.15, 0.2) is 0 Å². The molecule has 0 heterocycles. The minimum absolute atomic E-state index is 0.554. The van der Waals surface area contributed by atoms with E-state index in [2.05, 4.69) is 13.8 Å². The third kappa shape index (κ3) is 45.7. The van der Waals surface area contributed by atoms with Crippen LogP contribution in [0.1, 0.15) is 149 Å². The molecule has 0 saturated heterocycles. The minimum Gasteiger partial charge on any atom is -0.379 e. The summed E-state index contributed by atoms with van der Waals surface area (Å²) < 4.78 is 44.6. The van der Waals surface area contributed by atoms with Crippen molar-refractivity contribution in [2.75, 3.05) is 106 Å². The molecule has 0 unspecified atom stereocenters. The second-order valence-corrected chi connectivity index (χ2v) is 12.6. The van der Waals surface area contributed by atoms with Gasteiger partial charge in [0.05, 0.1) is 92.5 Å². The van der Waals surface area contributed by atoms with E-state index in [-0.39, 0.29) is 0 Å². The monoisotopic (exact) mass is 677 g/mol. The van der Waals surface area contributed by atoms with Crippen molar-refractivity contribution in [3.8, 4) is 0 Å². The number of ether oxygens (including phenoxy) is 8. The Hall–Kier alpha value is -0.320. The van der Waals surface area contributed by atoms with Crippen LogP contribution in [-0.4, -0.2) is 106 Å². The van der Waals surface area contributed by atoms with E-state index in [1.807, 2.05) is 0 Å². The molecule has 0 radical (unpaired) electrons. The van der Waals surface area contributed by atoms with Gasteiger partial charge in [-0.2, -0.15) is 0 Å². The molecule has 0 aliphatic heterocycles. The molecule has 47 heavy (non-hydrogen) atoms. The minimum atomic E-state index is 0.554. The van der Waals surface area contributed by atoms with Crippen molar-refractivity contribution in [1.82, 2.24) is 0 Å². The highest BCUT2D eigenvalue weighted by molar-refractivity contribution is 4.49. The summed E-state index contributed by atoms with van der Waals surface area (Å²) in [7, 11) is 0. The highest BCUT2D eigenvalue weighted by Gasteiger charge is 1.97. The fraction of sp³-hybridized carbons (Fsp3) is 1.00. The SMILES string of the molecule is CCCCCCCCCCCCCOCCOCCOCCOCCOCCOCCOCCOCCCCCCCCCCCC. The molecule has 0 N–H and O–H groups in total. The van der Waals surface area contributed by atoms with Crippen molar-refractivity contribution < 1.29 is 37.9 Å². The van der Waals surface area contributed by atoms with Crippen molar-refractivity contribution in [2.24, 2.45) is 0 Å². The summed E-state index contributed by atoms with van der Waals surface area (Å²) in [4.78, 5) is 0. The number of hydrogen-bond acceptors (Lipinski definition) is 8. The smallest absolute Gasteiger partial charge is 0.0701 e. The van der Waals surface area contributed by atoms with Crippen LogP contribution >= 0.6 is 0 Å². The van der Waals surface area contributed by atoms with Gasteiger partial charge in [0.25, 0.3) is 0 Å². The zero-order valence-corrected chi connectivity index (χ0v) is 31.4. The normalized spacial score (nSPS) is 11.6. The van der Waals surface area contributed by atoms with Gasteiger partial charge < -0.3 is 37.9 Å². The first-order valence-electron chi connectivity index (χ1n) is 20.0. The van der Waals surface area contributed by atoms with E-state index >= 15 is 0 Å². The molecule has 0 aromatic heterocycles. The molecule has 0 spiro atoms. The standard InChI is InChI=1S/C39H80O8/c1-3-5-7-9-11-13-15-17-19-21-23-25-41-27-29-43-31-33-45-35-37-47-39-38-46-36-34-44-32-30-42-28-26-40-24-22-20-18-16-14-12-10-8-6-4-2/h3-39H2,1-2H3. The van der Waals surface area contributed by atoms with E-state index in [1.165, 1.54) is 122 Å². The molecule has 284 valence electrons. The zero-order chi connectivity index (χ0) is 33.8. The van der Waals surface area contributed by atoms with Crippen molar-refractivity contribution in [3.63, 3.8) is 0 Å². The predicted molar refractivity (Wildman–Crippen MR) is 195 cm³/mol. The Labute approximate surface area is 292 Å². The van der Waals surface area contributed by atoms with E-state index in [0.717, 1.165) is 26.1 Å². The summed E-state index contributed by atoms with van der Waals surface area (Å²) in [6.45, 7) is 14.5. The van der Waals surface area contributed by atoms with Crippen LogP contribution in [0.3, 0.4) is 0 Å². The lowest BCUT2D eigenvalue weighted by atomic mass is 10.1. The molecule has 0 atom stereocenters. The van der Waals surface area contributed by atoms with Crippen LogP contribution in [0.2, 0.25) is 0 Å². The van der Waals surface area contributed by atoms with Gasteiger partial charge >= 0.3 is 0 Å². The first-order chi connectivity index (χ1) is 23.4. The first-order valence-corrected chi connectivity index (χ1v) is 20.0. The summed E-state index contributed by atoms with van der Waals surface area (Å²) in [6, 6.07) is 0. The molecule has 0 aromatic carbocycles. The fourth-order valence-corrected chi connectivity index (χ4v) is 5.20. The third-order valence-corrected chi connectivity index (χ3v) is 8.14. The van der Waals surface area contributed by atoms with Gasteiger partial charge in [-0.25, -0.2) is 0 Å². The average Bonchev–Trinajstić information content (AvgIpc) is 3.08. The van der Waals surface area contributed by atoms with Crippen LogP contribution in [0.4, 0.5) is 0 Å². The Morgan fingerprint density at radius 1 is 0.170 bits per heavy atom. The van der Waals surface area contributed by atoms with Crippen LogP contribution in [0, 0.1) is 0 Å². The molecule has 0 aromatic rings. The number of rotatable bonds is 44. The molecule has 0 aliphatic rings. The molecule has 0 amide bonds. The lowest BCUT2D eigenvalue weighted by molar-refractivity contribution is -0.0232. The van der Waals surface area contributed by atoms with E-state index in [4.69, 9.17) is 37.9 Å². The zero-order valence-electron chi connectivity index (χ0n) is 31.4. The van der Waals surface area contributed by atoms with Gasteiger partial charge in [-0.05, 0) is 12.8 Å². The summed E-state index contributed by atoms with van der Waals surface area (Å²) in [5.41, 5.74) is 0. The highest BCUT2D eigenvalue weighted by Crippen LogP contribution is 2.12. The van der Waals surface area contributed by atoms with E-state index in [0.29, 0.717) is 92.5 Å². The van der Waals surface area contributed by atoms with Gasteiger partial charge in [0.15, 0.2) is 0 Å². The molecular formula is C39H80O8. The summed E-state index contributed by atoms with van der Waals surface area (Å²) in [5, 5.41) is 0. The van der Waals surface area contributed by atoms with E-state index in [1.54, 1.807) is 0 Å². The Morgan fingerprint density at radius 3 is 0.511 bits per heavy atom. The number of hydrogen-bond donors (Lipinski definition) is 0. The Kier molecular flexibility index (Phi) is 45.4. The molecule has 0 bridgehead atoms. The van der Waals surface area contributed by atoms with Gasteiger partial charge in [0.2, 0.25) is 0 Å². The van der Waals surface area contributed by atoms with E-state index in [9.17, 15) is 0 Å². The Bertz CT molecular complexity index is 481. The Balaban J connectivity index is 3.03. The first kappa shape index (κ1) is 46.7. The van der Waals surface area contributed by atoms with Gasteiger partial charge in [0.1, 0.15) is 0 Å². The number of unbranched alkanes of at least 4 members (excludes halogenated alkanes) is 19. The van der Waals surface area contributed by atoms with Gasteiger partial charge in [-0.1, -0.05) is 136 Å². The third-order valence-electron chi connectivity index (χ3n) is 8.14. The lowest BCUT2D eigenvalue weighted by Crippen LogP contribution is -2.15. The summed E-state index contributed by atoms with van der Waals surface area (Å²) in [6.07, 6.45) is 28.4. The molecule has 0 saturated carbocycles. The van der Waals surface area contributed by atoms with Crippen molar-refractivity contribution in [1.29, 1.82) is 0 Å². The van der Waals surface area contributed by atoms with Crippen LogP contribution in [-0.2, 0) is 37.9 Å². The van der Waals surface area contributed by atoms with E-state index < -0.39 is 0 Å². The quantitative estimate of drug-likeness (QED) is 0.0591. The van der Waals surface area contributed by atoms with Gasteiger partial charge in [-0.15, -0.1) is 0 Å². The highest BCUT2D eigenvalue weighted by atomic mass is 16.6. The maximum atomic E-state index is 5.67. The van der Waals surface area contributed by atoms with Crippen LogP contribution in [0.25, 0.3) is 0 Å². The van der Waals surface area contributed by atoms with Gasteiger partial charge in [0, 0.05) is 13.2 Å². The maximum Gasteiger partial charge on any atom is 0.0701 e. The summed E-state index contributed by atoms with van der Waals surface area (Å²) >= 11 is 0. The molecule has 0 aliphatic carbocycles. The second kappa shape index (κ2) is 45.7. The summed E-state index contributed by atoms with van der Waals surface area (Å²) in [5.74, 6) is 0. The van der Waals surface area contributed by atoms with Crippen molar-refractivity contribution in [3.05, 3.63) is 0 Å². The molecule has 0 fully saturated rings. The predicted octanol–water partition coefficient (Wildman–Crippen LogP) is 9.35. The Morgan fingerprint density at radius 2 is 0.319 bits per heavy atom. The largest absolute Gasteiger partial charge is 0.379 e. The second-order valence-electron chi connectivity index (χ2n) is 12.6. The van der Waals surface area contributed by atoms with Crippen LogP contribution < -0.4 is 0 Å². The molecule has 8 heteroatoms. The van der Waals surface area contributed by atoms with Gasteiger partial charge in [-0.3, -0.25) is 0 Å². The topological polar surface area (TPSA) is 73.8 Å². The maximum absolute atomic E-state index is 5.67. The van der Waals surface area contributed by atoms with Crippen LogP contribution in [0.5, 0.6) is 0 Å². The lowest BCUT2D eigenvalue weighted by Gasteiger charge is -2.09. The molecule has 0 rings (SSSR count). The van der Waals surface area contributed by atoms with Crippen molar-refractivity contribution in [2.45, 2.75) is 149 Å². The average molecular weight is 677 g/mol. The molecule has 8 nitrogen and oxygen atoms in total. The van der Waals surface area contributed by atoms with Crippen molar-refractivity contribution >= 4 is 0 Å². The molecular weight excluding hydrogens is 596 g/mol.